The maximum Gasteiger partial charge on any atom is 0.335 e. The Kier molecular flexibility index (Phi) is 5.87. The third-order valence-electron chi connectivity index (χ3n) is 2.27. The van der Waals surface area contributed by atoms with Crippen LogP contribution < -0.4 is 5.73 Å². The lowest BCUT2D eigenvalue weighted by molar-refractivity contribution is -0.157. The number of amides is 1. The van der Waals surface area contributed by atoms with Crippen molar-refractivity contribution >= 4 is 11.9 Å². The fourth-order valence-electron chi connectivity index (χ4n) is 1.25. The number of carbonyl (C=O) groups is 2. The number of benzene rings is 1. The molecule has 0 saturated heterocycles. The van der Waals surface area contributed by atoms with Gasteiger partial charge in [0.15, 0.2) is 6.10 Å². The van der Waals surface area contributed by atoms with Gasteiger partial charge in [-0.25, -0.2) is 4.79 Å². The Hall–Kier alpha value is -1.88. The van der Waals surface area contributed by atoms with E-state index >= 15 is 0 Å². The van der Waals surface area contributed by atoms with E-state index in [2.05, 4.69) is 0 Å². The normalized spacial score (nSPS) is 11.8. The summed E-state index contributed by atoms with van der Waals surface area (Å²) >= 11 is 0. The number of carbonyl (C=O) groups excluding carboxylic acids is 2. The lowest BCUT2D eigenvalue weighted by Crippen LogP contribution is -2.25. The van der Waals surface area contributed by atoms with E-state index in [-0.39, 0.29) is 19.6 Å². The number of nitrogens with two attached hydrogens (primary N) is 1. The first-order valence-electron chi connectivity index (χ1n) is 5.70. The molecule has 0 spiro atoms. The Morgan fingerprint density at radius 3 is 2.56 bits per heavy atom. The zero-order valence-corrected chi connectivity index (χ0v) is 10.3. The van der Waals surface area contributed by atoms with E-state index in [1.807, 2.05) is 30.3 Å². The molecular formula is C13H17NO4. The van der Waals surface area contributed by atoms with Crippen molar-refractivity contribution in [2.75, 3.05) is 6.61 Å². The van der Waals surface area contributed by atoms with Crippen LogP contribution in [0.2, 0.25) is 0 Å². The molecule has 1 rings (SSSR count). The second-order valence-corrected chi connectivity index (χ2v) is 3.82. The molecule has 0 aliphatic rings. The molecule has 1 unspecified atom stereocenters. The molecule has 98 valence electrons. The summed E-state index contributed by atoms with van der Waals surface area (Å²) in [4.78, 5) is 22.0. The van der Waals surface area contributed by atoms with Crippen LogP contribution in [-0.4, -0.2) is 24.6 Å². The van der Waals surface area contributed by atoms with Crippen LogP contribution in [-0.2, 0) is 25.7 Å². The molecular weight excluding hydrogens is 234 g/mol. The Morgan fingerprint density at radius 1 is 1.28 bits per heavy atom. The molecule has 1 amide bonds. The van der Waals surface area contributed by atoms with Gasteiger partial charge < -0.3 is 15.2 Å². The van der Waals surface area contributed by atoms with Crippen molar-refractivity contribution in [2.24, 2.45) is 5.73 Å². The predicted octanol–water partition coefficient (Wildman–Crippen LogP) is 1.01. The number of rotatable bonds is 7. The molecule has 1 aromatic carbocycles. The number of hydrogen-bond acceptors (Lipinski definition) is 4. The van der Waals surface area contributed by atoms with E-state index in [0.717, 1.165) is 5.56 Å². The number of hydrogen-bond donors (Lipinski definition) is 1. The summed E-state index contributed by atoms with van der Waals surface area (Å²) in [6, 6.07) is 9.37. The molecule has 0 radical (unpaired) electrons. The fraction of sp³-hybridized carbons (Fsp3) is 0.385. The number of esters is 1. The molecule has 1 atom stereocenters. The Balaban J connectivity index is 2.25. The van der Waals surface area contributed by atoms with Gasteiger partial charge in [-0.3, -0.25) is 4.79 Å². The van der Waals surface area contributed by atoms with Gasteiger partial charge >= 0.3 is 5.97 Å². The van der Waals surface area contributed by atoms with Crippen molar-refractivity contribution in [1.29, 1.82) is 0 Å². The van der Waals surface area contributed by atoms with Crippen LogP contribution in [0.4, 0.5) is 0 Å². The third kappa shape index (κ3) is 5.45. The molecule has 18 heavy (non-hydrogen) atoms. The van der Waals surface area contributed by atoms with Crippen LogP contribution in [0.25, 0.3) is 0 Å². The van der Waals surface area contributed by atoms with Gasteiger partial charge in [0.1, 0.15) is 6.61 Å². The van der Waals surface area contributed by atoms with Crippen LogP contribution >= 0.6 is 0 Å². The molecule has 0 aromatic heterocycles. The summed E-state index contributed by atoms with van der Waals surface area (Å²) in [6.45, 7) is 1.91. The molecule has 0 heterocycles. The van der Waals surface area contributed by atoms with Gasteiger partial charge in [-0.15, -0.1) is 0 Å². The summed E-state index contributed by atoms with van der Waals surface area (Å²) in [5, 5.41) is 0. The number of primary amides is 1. The second-order valence-electron chi connectivity index (χ2n) is 3.82. The van der Waals surface area contributed by atoms with Crippen molar-refractivity contribution in [3.05, 3.63) is 35.9 Å². The molecule has 2 N–H and O–H groups in total. The highest BCUT2D eigenvalue weighted by molar-refractivity contribution is 5.75. The van der Waals surface area contributed by atoms with Crippen LogP contribution in [0.1, 0.15) is 18.9 Å². The van der Waals surface area contributed by atoms with Gasteiger partial charge in [0.25, 0.3) is 0 Å². The molecule has 0 aliphatic heterocycles. The van der Waals surface area contributed by atoms with Crippen LogP contribution in [0.15, 0.2) is 30.3 Å². The summed E-state index contributed by atoms with van der Waals surface area (Å²) in [7, 11) is 0. The lowest BCUT2D eigenvalue weighted by atomic mass is 10.2. The van der Waals surface area contributed by atoms with Crippen LogP contribution in [0, 0.1) is 0 Å². The van der Waals surface area contributed by atoms with Crippen molar-refractivity contribution in [3.63, 3.8) is 0 Å². The maximum absolute atomic E-state index is 11.5. The van der Waals surface area contributed by atoms with E-state index in [9.17, 15) is 9.59 Å². The zero-order chi connectivity index (χ0) is 13.4. The van der Waals surface area contributed by atoms with Crippen molar-refractivity contribution in [2.45, 2.75) is 26.1 Å². The Bertz CT molecular complexity index is 391. The van der Waals surface area contributed by atoms with E-state index in [1.54, 1.807) is 6.92 Å². The predicted molar refractivity (Wildman–Crippen MR) is 65.5 cm³/mol. The van der Waals surface area contributed by atoms with E-state index in [0.29, 0.717) is 0 Å². The molecule has 0 saturated carbocycles. The van der Waals surface area contributed by atoms with Gasteiger partial charge in [0.2, 0.25) is 5.91 Å². The highest BCUT2D eigenvalue weighted by Crippen LogP contribution is 2.03. The minimum atomic E-state index is -0.701. The van der Waals surface area contributed by atoms with E-state index in [4.69, 9.17) is 15.2 Å². The summed E-state index contributed by atoms with van der Waals surface area (Å²) in [5.41, 5.74) is 5.87. The zero-order valence-electron chi connectivity index (χ0n) is 10.3. The third-order valence-corrected chi connectivity index (χ3v) is 2.27. The molecule has 5 heteroatoms. The van der Waals surface area contributed by atoms with Crippen LogP contribution in [0.3, 0.4) is 0 Å². The van der Waals surface area contributed by atoms with Crippen molar-refractivity contribution in [1.82, 2.24) is 0 Å². The van der Waals surface area contributed by atoms with Crippen molar-refractivity contribution < 1.29 is 19.1 Å². The highest BCUT2D eigenvalue weighted by atomic mass is 16.6. The largest absolute Gasteiger partial charge is 0.459 e. The average molecular weight is 251 g/mol. The van der Waals surface area contributed by atoms with Gasteiger partial charge in [-0.2, -0.15) is 0 Å². The summed E-state index contributed by atoms with van der Waals surface area (Å²) in [5.74, 6) is -0.914. The van der Waals surface area contributed by atoms with Gasteiger partial charge in [0.05, 0.1) is 6.61 Å². The standard InChI is InChI=1S/C13H17NO4/c1-10(17-8-7-12(14)15)13(16)18-9-11-5-3-2-4-6-11/h2-6,10H,7-9H2,1H3,(H2,14,15). The SMILES string of the molecule is CC(OCCC(N)=O)C(=O)OCc1ccccc1. The van der Waals surface area contributed by atoms with Gasteiger partial charge in [0, 0.05) is 6.42 Å². The van der Waals surface area contributed by atoms with E-state index < -0.39 is 18.0 Å². The Labute approximate surface area is 106 Å². The second kappa shape index (κ2) is 7.45. The summed E-state index contributed by atoms with van der Waals surface area (Å²) < 4.78 is 10.2. The van der Waals surface area contributed by atoms with Gasteiger partial charge in [-0.05, 0) is 12.5 Å². The molecule has 0 fully saturated rings. The monoisotopic (exact) mass is 251 g/mol. The highest BCUT2D eigenvalue weighted by Gasteiger charge is 2.15. The van der Waals surface area contributed by atoms with Crippen LogP contribution in [0.5, 0.6) is 0 Å². The van der Waals surface area contributed by atoms with Gasteiger partial charge in [-0.1, -0.05) is 30.3 Å². The molecule has 0 aliphatic carbocycles. The Morgan fingerprint density at radius 2 is 1.94 bits per heavy atom. The first kappa shape index (κ1) is 14.2. The fourth-order valence-corrected chi connectivity index (χ4v) is 1.25. The van der Waals surface area contributed by atoms with Crippen molar-refractivity contribution in [3.8, 4) is 0 Å². The minimum Gasteiger partial charge on any atom is -0.459 e. The molecule has 1 aromatic rings. The topological polar surface area (TPSA) is 78.6 Å². The lowest BCUT2D eigenvalue weighted by Gasteiger charge is -2.12. The minimum absolute atomic E-state index is 0.0936. The molecule has 5 nitrogen and oxygen atoms in total. The first-order chi connectivity index (χ1) is 8.59. The quantitative estimate of drug-likeness (QED) is 0.733. The number of ether oxygens (including phenoxy) is 2. The maximum atomic E-state index is 11.5. The summed E-state index contributed by atoms with van der Waals surface area (Å²) in [6.07, 6.45) is -0.607. The average Bonchev–Trinajstić information content (AvgIpc) is 2.36. The molecule has 0 bridgehead atoms. The first-order valence-corrected chi connectivity index (χ1v) is 5.70. The van der Waals surface area contributed by atoms with E-state index in [1.165, 1.54) is 0 Å². The smallest absolute Gasteiger partial charge is 0.335 e.